The fourth-order valence-corrected chi connectivity index (χ4v) is 2.33. The summed E-state index contributed by atoms with van der Waals surface area (Å²) in [6.45, 7) is 2.11. The molecule has 2 rings (SSSR count). The topological polar surface area (TPSA) is 26.3 Å². The highest BCUT2D eigenvalue weighted by Gasteiger charge is 2.15. The fourth-order valence-electron chi connectivity index (χ4n) is 1.52. The predicted molar refractivity (Wildman–Crippen MR) is 65.7 cm³/mol. The van der Waals surface area contributed by atoms with Gasteiger partial charge in [-0.05, 0) is 36.1 Å². The van der Waals surface area contributed by atoms with E-state index in [1.54, 1.807) is 19.1 Å². The molecule has 0 aliphatic heterocycles. The van der Waals surface area contributed by atoms with Crippen LogP contribution in [-0.4, -0.2) is 12.6 Å². The number of hydrogen-bond acceptors (Lipinski definition) is 3. The van der Waals surface area contributed by atoms with E-state index in [2.05, 4.69) is 0 Å². The van der Waals surface area contributed by atoms with Gasteiger partial charge in [0.15, 0.2) is 0 Å². The highest BCUT2D eigenvalue weighted by molar-refractivity contribution is 7.12. The zero-order valence-corrected chi connectivity index (χ0v) is 10.1. The van der Waals surface area contributed by atoms with Crippen LogP contribution in [0.4, 0.5) is 4.39 Å². The minimum Gasteiger partial charge on any atom is -0.462 e. The third-order valence-corrected chi connectivity index (χ3v) is 3.18. The van der Waals surface area contributed by atoms with Gasteiger partial charge in [0, 0.05) is 5.56 Å². The molecule has 2 nitrogen and oxygen atoms in total. The Labute approximate surface area is 103 Å². The van der Waals surface area contributed by atoms with Crippen LogP contribution in [0.2, 0.25) is 0 Å². The largest absolute Gasteiger partial charge is 0.462 e. The molecule has 1 aromatic heterocycles. The smallest absolute Gasteiger partial charge is 0.348 e. The number of rotatable bonds is 3. The molecule has 17 heavy (non-hydrogen) atoms. The van der Waals surface area contributed by atoms with E-state index in [4.69, 9.17) is 4.74 Å². The van der Waals surface area contributed by atoms with E-state index >= 15 is 0 Å². The van der Waals surface area contributed by atoms with E-state index in [-0.39, 0.29) is 11.8 Å². The fraction of sp³-hybridized carbons (Fsp3) is 0.154. The van der Waals surface area contributed by atoms with Crippen molar-refractivity contribution in [3.05, 3.63) is 46.4 Å². The van der Waals surface area contributed by atoms with E-state index in [1.807, 2.05) is 11.4 Å². The molecule has 0 radical (unpaired) electrons. The molecule has 0 bridgehead atoms. The number of esters is 1. The summed E-state index contributed by atoms with van der Waals surface area (Å²) in [5, 5.41) is 1.82. The number of ether oxygens (including phenoxy) is 1. The van der Waals surface area contributed by atoms with Gasteiger partial charge in [0.2, 0.25) is 0 Å². The average molecular weight is 250 g/mol. The normalized spacial score (nSPS) is 10.2. The number of thiophene rings is 1. The second-order valence-electron chi connectivity index (χ2n) is 3.39. The number of carbonyl (C=O) groups excluding carboxylic acids is 1. The summed E-state index contributed by atoms with van der Waals surface area (Å²) in [6.07, 6.45) is 0. The Morgan fingerprint density at radius 3 is 2.65 bits per heavy atom. The quantitative estimate of drug-likeness (QED) is 0.776. The number of hydrogen-bond donors (Lipinski definition) is 0. The molecular weight excluding hydrogens is 239 g/mol. The standard InChI is InChI=1S/C13H11FO2S/c1-2-16-13(15)12-11(7-8-17-12)9-3-5-10(14)6-4-9/h3-8H,2H2,1H3. The Balaban J connectivity index is 2.36. The van der Waals surface area contributed by atoms with Crippen molar-refractivity contribution in [1.29, 1.82) is 0 Å². The van der Waals surface area contributed by atoms with Gasteiger partial charge in [0.05, 0.1) is 6.61 Å². The van der Waals surface area contributed by atoms with Crippen molar-refractivity contribution in [3.63, 3.8) is 0 Å². The van der Waals surface area contributed by atoms with E-state index in [9.17, 15) is 9.18 Å². The molecular formula is C13H11FO2S. The van der Waals surface area contributed by atoms with Gasteiger partial charge in [-0.1, -0.05) is 12.1 Å². The molecule has 0 saturated heterocycles. The van der Waals surface area contributed by atoms with E-state index in [0.29, 0.717) is 11.5 Å². The first-order chi connectivity index (χ1) is 8.22. The molecule has 0 aliphatic rings. The lowest BCUT2D eigenvalue weighted by Crippen LogP contribution is -2.03. The summed E-state index contributed by atoms with van der Waals surface area (Å²) in [6, 6.07) is 7.90. The number of halogens is 1. The third-order valence-electron chi connectivity index (χ3n) is 2.28. The van der Waals surface area contributed by atoms with E-state index < -0.39 is 0 Å². The SMILES string of the molecule is CCOC(=O)c1sccc1-c1ccc(F)cc1. The molecule has 2 aromatic rings. The summed E-state index contributed by atoms with van der Waals surface area (Å²) in [4.78, 5) is 12.2. The summed E-state index contributed by atoms with van der Waals surface area (Å²) < 4.78 is 17.8. The van der Waals surface area contributed by atoms with E-state index in [0.717, 1.165) is 11.1 Å². The maximum absolute atomic E-state index is 12.8. The lowest BCUT2D eigenvalue weighted by molar-refractivity contribution is 0.0533. The highest BCUT2D eigenvalue weighted by atomic mass is 32.1. The second-order valence-corrected chi connectivity index (χ2v) is 4.31. The Bertz CT molecular complexity index is 516. The molecule has 1 aromatic carbocycles. The van der Waals surface area contributed by atoms with Crippen LogP contribution in [0.1, 0.15) is 16.6 Å². The second kappa shape index (κ2) is 5.10. The first-order valence-corrected chi connectivity index (χ1v) is 6.11. The molecule has 0 unspecified atom stereocenters. The summed E-state index contributed by atoms with van der Waals surface area (Å²) in [5.41, 5.74) is 1.60. The Morgan fingerprint density at radius 2 is 2.00 bits per heavy atom. The molecule has 1 heterocycles. The van der Waals surface area contributed by atoms with Crippen molar-refractivity contribution in [2.24, 2.45) is 0 Å². The van der Waals surface area contributed by atoms with Crippen molar-refractivity contribution in [1.82, 2.24) is 0 Å². The summed E-state index contributed by atoms with van der Waals surface area (Å²) >= 11 is 1.33. The maximum atomic E-state index is 12.8. The zero-order valence-electron chi connectivity index (χ0n) is 9.27. The monoisotopic (exact) mass is 250 g/mol. The molecule has 0 atom stereocenters. The van der Waals surface area contributed by atoms with Crippen LogP contribution in [0, 0.1) is 5.82 Å². The van der Waals surface area contributed by atoms with Crippen molar-refractivity contribution in [3.8, 4) is 11.1 Å². The Morgan fingerprint density at radius 1 is 1.29 bits per heavy atom. The average Bonchev–Trinajstić information content (AvgIpc) is 2.79. The number of carbonyl (C=O) groups is 1. The number of benzene rings is 1. The van der Waals surface area contributed by atoms with Gasteiger partial charge in [-0.15, -0.1) is 11.3 Å². The van der Waals surface area contributed by atoms with Crippen LogP contribution in [-0.2, 0) is 4.74 Å². The van der Waals surface area contributed by atoms with Crippen LogP contribution in [0.15, 0.2) is 35.7 Å². The molecule has 0 amide bonds. The van der Waals surface area contributed by atoms with Gasteiger partial charge in [-0.25, -0.2) is 9.18 Å². The predicted octanol–water partition coefficient (Wildman–Crippen LogP) is 3.73. The van der Waals surface area contributed by atoms with Crippen LogP contribution in [0.5, 0.6) is 0 Å². The molecule has 0 fully saturated rings. The van der Waals surface area contributed by atoms with E-state index in [1.165, 1.54) is 23.5 Å². The Hall–Kier alpha value is -1.68. The lowest BCUT2D eigenvalue weighted by atomic mass is 10.1. The van der Waals surface area contributed by atoms with Crippen molar-refractivity contribution in [2.45, 2.75) is 6.92 Å². The first-order valence-electron chi connectivity index (χ1n) is 5.23. The van der Waals surface area contributed by atoms with Crippen molar-refractivity contribution < 1.29 is 13.9 Å². The first kappa shape index (κ1) is 11.8. The van der Waals surface area contributed by atoms with Crippen LogP contribution < -0.4 is 0 Å². The minimum atomic E-state index is -0.332. The van der Waals surface area contributed by atoms with Gasteiger partial charge in [0.25, 0.3) is 0 Å². The van der Waals surface area contributed by atoms with Crippen molar-refractivity contribution >= 4 is 17.3 Å². The van der Waals surface area contributed by atoms with Crippen molar-refractivity contribution in [2.75, 3.05) is 6.61 Å². The van der Waals surface area contributed by atoms with Crippen LogP contribution in [0.3, 0.4) is 0 Å². The van der Waals surface area contributed by atoms with Crippen LogP contribution >= 0.6 is 11.3 Å². The molecule has 0 saturated carbocycles. The van der Waals surface area contributed by atoms with Gasteiger partial charge in [-0.2, -0.15) is 0 Å². The van der Waals surface area contributed by atoms with Gasteiger partial charge in [0.1, 0.15) is 10.7 Å². The van der Waals surface area contributed by atoms with Gasteiger partial charge < -0.3 is 4.74 Å². The molecule has 0 N–H and O–H groups in total. The third kappa shape index (κ3) is 2.53. The lowest BCUT2D eigenvalue weighted by Gasteiger charge is -2.03. The zero-order chi connectivity index (χ0) is 12.3. The molecule has 0 aliphatic carbocycles. The molecule has 4 heteroatoms. The maximum Gasteiger partial charge on any atom is 0.348 e. The summed E-state index contributed by atoms with van der Waals surface area (Å²) in [7, 11) is 0. The Kier molecular flexibility index (Phi) is 3.54. The van der Waals surface area contributed by atoms with Gasteiger partial charge in [-0.3, -0.25) is 0 Å². The van der Waals surface area contributed by atoms with Crippen LogP contribution in [0.25, 0.3) is 11.1 Å². The molecule has 0 spiro atoms. The molecule has 88 valence electrons. The minimum absolute atomic E-state index is 0.290. The highest BCUT2D eigenvalue weighted by Crippen LogP contribution is 2.29. The summed E-state index contributed by atoms with van der Waals surface area (Å²) in [5.74, 6) is -0.622. The van der Waals surface area contributed by atoms with Gasteiger partial charge >= 0.3 is 5.97 Å².